The lowest BCUT2D eigenvalue weighted by Gasteiger charge is -2.06. The molecule has 1 aromatic rings. The number of methoxy groups -OCH3 is 1. The monoisotopic (exact) mass is 227 g/mol. The van der Waals surface area contributed by atoms with Gasteiger partial charge in [0.25, 0.3) is 0 Å². The lowest BCUT2D eigenvalue weighted by atomic mass is 10.1. The molecule has 0 saturated heterocycles. The van der Waals surface area contributed by atoms with Crippen LogP contribution in [0.3, 0.4) is 0 Å². The molecule has 0 bridgehead atoms. The third-order valence-corrected chi connectivity index (χ3v) is 2.15. The molecule has 17 heavy (non-hydrogen) atoms. The Morgan fingerprint density at radius 2 is 2.29 bits per heavy atom. The average molecular weight is 227 g/mol. The highest BCUT2D eigenvalue weighted by Crippen LogP contribution is 2.18. The molecule has 86 valence electrons. The molecular formula is C13H13N3O. The second-order valence-corrected chi connectivity index (χ2v) is 3.38. The Morgan fingerprint density at radius 3 is 2.82 bits per heavy atom. The summed E-state index contributed by atoms with van der Waals surface area (Å²) in [5.41, 5.74) is 2.66. The van der Waals surface area contributed by atoms with Crippen molar-refractivity contribution in [1.82, 2.24) is 4.98 Å². The Balaban J connectivity index is 2.94. The van der Waals surface area contributed by atoms with Crippen molar-refractivity contribution < 1.29 is 4.74 Å². The predicted molar refractivity (Wildman–Crippen MR) is 67.8 cm³/mol. The molecular weight excluding hydrogens is 214 g/mol. The molecule has 0 aliphatic carbocycles. The fraction of sp³-hybridized carbons (Fsp3) is 0.154. The van der Waals surface area contributed by atoms with Gasteiger partial charge in [0.1, 0.15) is 11.8 Å². The summed E-state index contributed by atoms with van der Waals surface area (Å²) in [5.74, 6) is 0.553. The zero-order chi connectivity index (χ0) is 12.8. The van der Waals surface area contributed by atoms with Crippen LogP contribution in [0.5, 0.6) is 5.88 Å². The average Bonchev–Trinajstić information content (AvgIpc) is 2.35. The highest BCUT2D eigenvalue weighted by molar-refractivity contribution is 6.09. The molecule has 0 saturated carbocycles. The number of nitriles is 1. The van der Waals surface area contributed by atoms with E-state index in [-0.39, 0.29) is 5.70 Å². The van der Waals surface area contributed by atoms with E-state index < -0.39 is 0 Å². The number of rotatable bonds is 4. The maximum absolute atomic E-state index is 8.52. The Kier molecular flexibility index (Phi) is 4.18. The molecule has 0 spiro atoms. The standard InChI is InChI=1S/C13H13N3O/c1-9-5-13(17-4)16-8-12(9)10(2)7-15-11(3)6-14/h5,7-8H,2-3H2,1,4H3. The summed E-state index contributed by atoms with van der Waals surface area (Å²) in [4.78, 5) is 7.96. The van der Waals surface area contributed by atoms with E-state index in [0.29, 0.717) is 11.5 Å². The molecule has 0 N–H and O–H groups in total. The third kappa shape index (κ3) is 3.28. The molecule has 0 aliphatic rings. The molecule has 0 radical (unpaired) electrons. The number of ether oxygens (including phenoxy) is 1. The van der Waals surface area contributed by atoms with E-state index in [1.165, 1.54) is 6.21 Å². The molecule has 0 fully saturated rings. The van der Waals surface area contributed by atoms with E-state index in [9.17, 15) is 0 Å². The Bertz CT molecular complexity index is 524. The Morgan fingerprint density at radius 1 is 1.59 bits per heavy atom. The first-order valence-electron chi connectivity index (χ1n) is 4.91. The van der Waals surface area contributed by atoms with Crippen LogP contribution >= 0.6 is 0 Å². The van der Waals surface area contributed by atoms with Crippen molar-refractivity contribution in [3.05, 3.63) is 42.2 Å². The van der Waals surface area contributed by atoms with E-state index in [1.807, 2.05) is 19.1 Å². The van der Waals surface area contributed by atoms with Gasteiger partial charge in [0, 0.05) is 24.0 Å². The summed E-state index contributed by atoms with van der Waals surface area (Å²) < 4.78 is 5.01. The van der Waals surface area contributed by atoms with Crippen molar-refractivity contribution in [3.63, 3.8) is 0 Å². The van der Waals surface area contributed by atoms with Crippen LogP contribution in [0.1, 0.15) is 11.1 Å². The van der Waals surface area contributed by atoms with Gasteiger partial charge in [-0.15, -0.1) is 0 Å². The van der Waals surface area contributed by atoms with Gasteiger partial charge in [0.05, 0.1) is 7.11 Å². The SMILES string of the molecule is C=C(C#N)N=CC(=C)c1cnc(OC)cc1C. The van der Waals surface area contributed by atoms with Crippen molar-refractivity contribution in [2.45, 2.75) is 6.92 Å². The van der Waals surface area contributed by atoms with Gasteiger partial charge in [-0.3, -0.25) is 0 Å². The van der Waals surface area contributed by atoms with E-state index in [1.54, 1.807) is 13.3 Å². The summed E-state index contributed by atoms with van der Waals surface area (Å²) in [6, 6.07) is 3.65. The number of aliphatic imine (C=N–C) groups is 1. The van der Waals surface area contributed by atoms with Crippen LogP contribution in [0.2, 0.25) is 0 Å². The highest BCUT2D eigenvalue weighted by Gasteiger charge is 2.03. The van der Waals surface area contributed by atoms with Crippen LogP contribution in [0.25, 0.3) is 5.57 Å². The number of hydrogen-bond acceptors (Lipinski definition) is 4. The van der Waals surface area contributed by atoms with Crippen molar-refractivity contribution in [2.75, 3.05) is 7.11 Å². The van der Waals surface area contributed by atoms with Gasteiger partial charge in [-0.1, -0.05) is 13.2 Å². The lowest BCUT2D eigenvalue weighted by Crippen LogP contribution is -1.94. The second kappa shape index (κ2) is 5.61. The van der Waals surface area contributed by atoms with E-state index in [2.05, 4.69) is 23.1 Å². The zero-order valence-corrected chi connectivity index (χ0v) is 9.90. The lowest BCUT2D eigenvalue weighted by molar-refractivity contribution is 0.397. The number of hydrogen-bond donors (Lipinski definition) is 0. The van der Waals surface area contributed by atoms with Crippen molar-refractivity contribution >= 4 is 11.8 Å². The van der Waals surface area contributed by atoms with E-state index in [0.717, 1.165) is 11.1 Å². The largest absolute Gasteiger partial charge is 0.481 e. The van der Waals surface area contributed by atoms with Crippen molar-refractivity contribution in [1.29, 1.82) is 5.26 Å². The second-order valence-electron chi connectivity index (χ2n) is 3.38. The smallest absolute Gasteiger partial charge is 0.213 e. The Labute approximate surface area is 101 Å². The van der Waals surface area contributed by atoms with Gasteiger partial charge in [-0.25, -0.2) is 9.98 Å². The summed E-state index contributed by atoms with van der Waals surface area (Å²) in [5, 5.41) is 8.52. The molecule has 4 nitrogen and oxygen atoms in total. The van der Waals surface area contributed by atoms with Gasteiger partial charge in [0.2, 0.25) is 5.88 Å². The maximum atomic E-state index is 8.52. The fourth-order valence-electron chi connectivity index (χ4n) is 1.23. The minimum absolute atomic E-state index is 0.144. The molecule has 0 atom stereocenters. The summed E-state index contributed by atoms with van der Waals surface area (Å²) in [7, 11) is 1.56. The van der Waals surface area contributed by atoms with Crippen molar-refractivity contribution in [3.8, 4) is 11.9 Å². The molecule has 0 amide bonds. The third-order valence-electron chi connectivity index (χ3n) is 2.15. The fourth-order valence-corrected chi connectivity index (χ4v) is 1.23. The molecule has 0 aliphatic heterocycles. The number of aromatic nitrogens is 1. The maximum Gasteiger partial charge on any atom is 0.213 e. The highest BCUT2D eigenvalue weighted by atomic mass is 16.5. The van der Waals surface area contributed by atoms with E-state index in [4.69, 9.17) is 10.00 Å². The summed E-state index contributed by atoms with van der Waals surface area (Å²) >= 11 is 0. The molecule has 1 heterocycles. The van der Waals surface area contributed by atoms with Gasteiger partial charge in [-0.05, 0) is 18.1 Å². The number of aryl methyl sites for hydroxylation is 1. The minimum Gasteiger partial charge on any atom is -0.481 e. The van der Waals surface area contributed by atoms with E-state index >= 15 is 0 Å². The summed E-state index contributed by atoms with van der Waals surface area (Å²) in [6.45, 7) is 9.25. The first-order chi connectivity index (χ1) is 8.08. The Hall–Kier alpha value is -2.41. The minimum atomic E-state index is 0.144. The van der Waals surface area contributed by atoms with Crippen LogP contribution in [0.15, 0.2) is 36.1 Å². The van der Waals surface area contributed by atoms with Crippen molar-refractivity contribution in [2.24, 2.45) is 4.99 Å². The predicted octanol–water partition coefficient (Wildman–Crippen LogP) is 2.52. The molecule has 1 rings (SSSR count). The number of nitrogens with zero attached hydrogens (tertiary/aromatic N) is 3. The van der Waals surface area contributed by atoms with Crippen LogP contribution < -0.4 is 4.74 Å². The summed E-state index contributed by atoms with van der Waals surface area (Å²) in [6.07, 6.45) is 3.17. The van der Waals surface area contributed by atoms with Gasteiger partial charge in [0.15, 0.2) is 0 Å². The number of allylic oxidation sites excluding steroid dienone is 2. The van der Waals surface area contributed by atoms with Crippen LogP contribution in [0.4, 0.5) is 0 Å². The molecule has 4 heteroatoms. The zero-order valence-electron chi connectivity index (χ0n) is 9.90. The van der Waals surface area contributed by atoms with Crippen LogP contribution in [-0.2, 0) is 0 Å². The van der Waals surface area contributed by atoms with Gasteiger partial charge in [-0.2, -0.15) is 5.26 Å². The molecule has 1 aromatic heterocycles. The van der Waals surface area contributed by atoms with Gasteiger partial charge >= 0.3 is 0 Å². The van der Waals surface area contributed by atoms with Crippen LogP contribution in [0, 0.1) is 18.3 Å². The van der Waals surface area contributed by atoms with Crippen LogP contribution in [-0.4, -0.2) is 18.3 Å². The normalized spacial score (nSPS) is 9.94. The first-order valence-corrected chi connectivity index (χ1v) is 4.91. The molecule has 0 aromatic carbocycles. The van der Waals surface area contributed by atoms with Gasteiger partial charge < -0.3 is 4.74 Å². The molecule has 0 unspecified atom stereocenters. The first kappa shape index (κ1) is 12.7. The topological polar surface area (TPSA) is 58.3 Å². The number of pyridine rings is 1. The quantitative estimate of drug-likeness (QED) is 0.586.